The molecule has 0 spiro atoms. The Morgan fingerprint density at radius 2 is 1.75 bits per heavy atom. The van der Waals surface area contributed by atoms with E-state index < -0.39 is 5.97 Å². The third kappa shape index (κ3) is 2.69. The van der Waals surface area contributed by atoms with Crippen molar-refractivity contribution < 1.29 is 14.7 Å². The summed E-state index contributed by atoms with van der Waals surface area (Å²) >= 11 is 0. The van der Waals surface area contributed by atoms with Crippen molar-refractivity contribution in [2.75, 3.05) is 6.54 Å². The number of hydrogen-bond acceptors (Lipinski definition) is 2. The topological polar surface area (TPSA) is 57.6 Å². The van der Waals surface area contributed by atoms with E-state index in [9.17, 15) is 14.7 Å². The number of aromatic carboxylic acids is 1. The van der Waals surface area contributed by atoms with Crippen molar-refractivity contribution in [2.24, 2.45) is 11.8 Å². The number of benzene rings is 1. The van der Waals surface area contributed by atoms with Crippen molar-refractivity contribution in [3.63, 3.8) is 0 Å². The molecule has 0 bridgehead atoms. The van der Waals surface area contributed by atoms with Gasteiger partial charge in [-0.2, -0.15) is 0 Å². The molecule has 20 heavy (non-hydrogen) atoms. The minimum absolute atomic E-state index is 0.0792. The molecular weight excluding hydrogens is 254 g/mol. The van der Waals surface area contributed by atoms with Crippen LogP contribution in [-0.4, -0.2) is 34.5 Å². The Morgan fingerprint density at radius 1 is 1.15 bits per heavy atom. The molecule has 2 rings (SSSR count). The number of carbonyl (C=O) groups is 2. The van der Waals surface area contributed by atoms with Gasteiger partial charge in [-0.3, -0.25) is 4.79 Å². The molecule has 1 heterocycles. The van der Waals surface area contributed by atoms with Crippen LogP contribution >= 0.6 is 0 Å². The largest absolute Gasteiger partial charge is 0.478 e. The highest BCUT2D eigenvalue weighted by molar-refractivity contribution is 6.04. The maximum Gasteiger partial charge on any atom is 0.336 e. The first-order valence-electron chi connectivity index (χ1n) is 7.05. The van der Waals surface area contributed by atoms with Crippen LogP contribution in [0.4, 0.5) is 0 Å². The number of likely N-dealkylation sites (tertiary alicyclic amines) is 1. The van der Waals surface area contributed by atoms with Crippen LogP contribution < -0.4 is 0 Å². The van der Waals surface area contributed by atoms with E-state index in [-0.39, 0.29) is 23.1 Å². The molecule has 1 N–H and O–H groups in total. The summed E-state index contributed by atoms with van der Waals surface area (Å²) in [6.07, 6.45) is 1.10. The number of carboxylic acids is 1. The summed E-state index contributed by atoms with van der Waals surface area (Å²) in [5.41, 5.74) is 0.365. The Balaban J connectivity index is 2.33. The number of carbonyl (C=O) groups excluding carboxylic acids is 1. The Labute approximate surface area is 119 Å². The number of amides is 1. The molecular formula is C16H21NO3. The van der Waals surface area contributed by atoms with Gasteiger partial charge in [0.05, 0.1) is 11.1 Å². The van der Waals surface area contributed by atoms with Gasteiger partial charge in [0.25, 0.3) is 5.91 Å². The molecule has 0 aromatic heterocycles. The van der Waals surface area contributed by atoms with Crippen LogP contribution in [-0.2, 0) is 0 Å². The highest BCUT2D eigenvalue weighted by Crippen LogP contribution is 2.28. The molecule has 3 atom stereocenters. The summed E-state index contributed by atoms with van der Waals surface area (Å²) in [6, 6.07) is 6.58. The highest BCUT2D eigenvalue weighted by Gasteiger charge is 2.33. The van der Waals surface area contributed by atoms with Crippen LogP contribution in [0.3, 0.4) is 0 Å². The molecule has 1 fully saturated rings. The molecule has 3 unspecified atom stereocenters. The lowest BCUT2D eigenvalue weighted by Crippen LogP contribution is -2.49. The monoisotopic (exact) mass is 275 g/mol. The summed E-state index contributed by atoms with van der Waals surface area (Å²) in [5.74, 6) is -0.351. The fourth-order valence-corrected chi connectivity index (χ4v) is 2.99. The van der Waals surface area contributed by atoms with E-state index >= 15 is 0 Å². The smallest absolute Gasteiger partial charge is 0.336 e. The number of carboxylic acid groups (broad SMARTS) is 1. The number of piperidine rings is 1. The molecule has 1 aliphatic rings. The SMILES string of the molecule is CC1CC(C)C(C)N(C(=O)c2ccccc2C(=O)O)C1. The quantitative estimate of drug-likeness (QED) is 0.903. The van der Waals surface area contributed by atoms with Crippen molar-refractivity contribution in [1.82, 2.24) is 4.90 Å². The average Bonchev–Trinajstić information content (AvgIpc) is 2.42. The van der Waals surface area contributed by atoms with Gasteiger partial charge < -0.3 is 10.0 Å². The first-order valence-corrected chi connectivity index (χ1v) is 7.05. The molecule has 1 saturated heterocycles. The molecule has 1 amide bonds. The van der Waals surface area contributed by atoms with Crippen molar-refractivity contribution >= 4 is 11.9 Å². The predicted octanol–water partition coefficient (Wildman–Crippen LogP) is 2.89. The van der Waals surface area contributed by atoms with Gasteiger partial charge in [0.15, 0.2) is 0 Å². The van der Waals surface area contributed by atoms with Crippen molar-refractivity contribution in [1.29, 1.82) is 0 Å². The summed E-state index contributed by atoms with van der Waals surface area (Å²) in [4.78, 5) is 25.8. The normalized spacial score (nSPS) is 26.4. The van der Waals surface area contributed by atoms with E-state index in [1.165, 1.54) is 6.07 Å². The second-order valence-corrected chi connectivity index (χ2v) is 5.87. The van der Waals surface area contributed by atoms with Gasteiger partial charge in [-0.1, -0.05) is 26.0 Å². The molecule has 1 aromatic carbocycles. The Morgan fingerprint density at radius 3 is 2.35 bits per heavy atom. The summed E-state index contributed by atoms with van der Waals surface area (Å²) in [5, 5.41) is 9.21. The zero-order valence-electron chi connectivity index (χ0n) is 12.2. The molecule has 4 heteroatoms. The number of hydrogen-bond donors (Lipinski definition) is 1. The molecule has 1 aliphatic heterocycles. The van der Waals surface area contributed by atoms with Crippen LogP contribution in [0.25, 0.3) is 0 Å². The first kappa shape index (κ1) is 14.6. The van der Waals surface area contributed by atoms with E-state index in [4.69, 9.17) is 0 Å². The average molecular weight is 275 g/mol. The van der Waals surface area contributed by atoms with Crippen molar-refractivity contribution in [3.05, 3.63) is 35.4 Å². The zero-order valence-corrected chi connectivity index (χ0v) is 12.2. The van der Waals surface area contributed by atoms with Crippen molar-refractivity contribution in [2.45, 2.75) is 33.2 Å². The minimum atomic E-state index is -1.06. The third-order valence-electron chi connectivity index (χ3n) is 4.25. The fourth-order valence-electron chi connectivity index (χ4n) is 2.99. The second-order valence-electron chi connectivity index (χ2n) is 5.87. The van der Waals surface area contributed by atoms with Gasteiger partial charge in [-0.15, -0.1) is 0 Å². The van der Waals surface area contributed by atoms with Crippen LogP contribution in [0.5, 0.6) is 0 Å². The van der Waals surface area contributed by atoms with Crippen LogP contribution in [0.2, 0.25) is 0 Å². The minimum Gasteiger partial charge on any atom is -0.478 e. The molecule has 108 valence electrons. The van der Waals surface area contributed by atoms with Crippen LogP contribution in [0.1, 0.15) is 47.9 Å². The van der Waals surface area contributed by atoms with Gasteiger partial charge in [0.1, 0.15) is 0 Å². The molecule has 1 aromatic rings. The lowest BCUT2D eigenvalue weighted by molar-refractivity contribution is 0.0449. The van der Waals surface area contributed by atoms with E-state index in [0.717, 1.165) is 6.42 Å². The molecule has 0 saturated carbocycles. The van der Waals surface area contributed by atoms with Gasteiger partial charge in [-0.25, -0.2) is 4.79 Å². The third-order valence-corrected chi connectivity index (χ3v) is 4.25. The van der Waals surface area contributed by atoms with E-state index in [1.54, 1.807) is 18.2 Å². The van der Waals surface area contributed by atoms with E-state index in [2.05, 4.69) is 13.8 Å². The molecule has 4 nitrogen and oxygen atoms in total. The van der Waals surface area contributed by atoms with Gasteiger partial charge in [0.2, 0.25) is 0 Å². The zero-order chi connectivity index (χ0) is 14.9. The standard InChI is InChI=1S/C16H21NO3/c1-10-8-11(2)12(3)17(9-10)15(18)13-6-4-5-7-14(13)16(19)20/h4-7,10-12H,8-9H2,1-3H3,(H,19,20). The van der Waals surface area contributed by atoms with Gasteiger partial charge >= 0.3 is 5.97 Å². The Bertz CT molecular complexity index is 526. The maximum atomic E-state index is 12.7. The number of rotatable bonds is 2. The van der Waals surface area contributed by atoms with Crippen molar-refractivity contribution in [3.8, 4) is 0 Å². The van der Waals surface area contributed by atoms with Crippen LogP contribution in [0, 0.1) is 11.8 Å². The molecule has 0 aliphatic carbocycles. The summed E-state index contributed by atoms with van der Waals surface area (Å²) in [6.45, 7) is 7.01. The Kier molecular flexibility index (Phi) is 4.12. The fraction of sp³-hybridized carbons (Fsp3) is 0.500. The van der Waals surface area contributed by atoms with E-state index in [0.29, 0.717) is 18.4 Å². The predicted molar refractivity (Wildman–Crippen MR) is 76.8 cm³/mol. The lowest BCUT2D eigenvalue weighted by atomic mass is 9.85. The van der Waals surface area contributed by atoms with E-state index in [1.807, 2.05) is 11.8 Å². The molecule has 0 radical (unpaired) electrons. The van der Waals surface area contributed by atoms with Crippen LogP contribution in [0.15, 0.2) is 24.3 Å². The summed E-state index contributed by atoms with van der Waals surface area (Å²) in [7, 11) is 0. The number of nitrogens with zero attached hydrogens (tertiary/aromatic N) is 1. The maximum absolute atomic E-state index is 12.7. The van der Waals surface area contributed by atoms with Gasteiger partial charge in [0, 0.05) is 12.6 Å². The lowest BCUT2D eigenvalue weighted by Gasteiger charge is -2.41. The second kappa shape index (κ2) is 5.65. The Hall–Kier alpha value is -1.84. The van der Waals surface area contributed by atoms with Gasteiger partial charge in [-0.05, 0) is 37.3 Å². The first-order chi connectivity index (χ1) is 9.41. The summed E-state index contributed by atoms with van der Waals surface area (Å²) < 4.78 is 0. The highest BCUT2D eigenvalue weighted by atomic mass is 16.4.